The minimum atomic E-state index is -0.165. The highest BCUT2D eigenvalue weighted by Gasteiger charge is 2.26. The smallest absolute Gasteiger partial charge is 0.137 e. The lowest BCUT2D eigenvalue weighted by Crippen LogP contribution is -2.24. The molecule has 0 aromatic carbocycles. The lowest BCUT2D eigenvalue weighted by atomic mass is 9.89. The molecule has 1 unspecified atom stereocenters. The van der Waals surface area contributed by atoms with Gasteiger partial charge >= 0.3 is 0 Å². The zero-order chi connectivity index (χ0) is 13.3. The van der Waals surface area contributed by atoms with Crippen LogP contribution in [0.4, 0.5) is 0 Å². The monoisotopic (exact) mass is 247 g/mol. The second-order valence-corrected chi connectivity index (χ2v) is 5.59. The molecule has 0 aliphatic heterocycles. The van der Waals surface area contributed by atoms with Crippen LogP contribution in [0.5, 0.6) is 0 Å². The molecule has 0 bridgehead atoms. The molecule has 2 rings (SSSR count). The molecule has 0 saturated heterocycles. The molecule has 2 aromatic rings. The Hall–Kier alpha value is -1.39. The van der Waals surface area contributed by atoms with Crippen LogP contribution >= 0.6 is 0 Å². The average Bonchev–Trinajstić information content (AvgIpc) is 2.68. The Labute approximate surface area is 108 Å². The Morgan fingerprint density at radius 3 is 2.72 bits per heavy atom. The Bertz CT molecular complexity index is 539. The molecule has 0 fully saturated rings. The van der Waals surface area contributed by atoms with Crippen molar-refractivity contribution in [2.75, 3.05) is 13.7 Å². The van der Waals surface area contributed by atoms with Gasteiger partial charge in [0.1, 0.15) is 5.65 Å². The highest BCUT2D eigenvalue weighted by Crippen LogP contribution is 2.29. The van der Waals surface area contributed by atoms with E-state index in [2.05, 4.69) is 25.2 Å². The number of rotatable bonds is 3. The van der Waals surface area contributed by atoms with E-state index in [1.165, 1.54) is 0 Å². The summed E-state index contributed by atoms with van der Waals surface area (Å²) in [6.07, 6.45) is 2.00. The van der Waals surface area contributed by atoms with Gasteiger partial charge in [-0.15, -0.1) is 0 Å². The molecule has 0 spiro atoms. The van der Waals surface area contributed by atoms with Crippen molar-refractivity contribution < 1.29 is 4.74 Å². The number of nitrogens with zero attached hydrogens (tertiary/aromatic N) is 2. The topological polar surface area (TPSA) is 52.5 Å². The number of imidazole rings is 1. The van der Waals surface area contributed by atoms with Crippen LogP contribution in [0.2, 0.25) is 0 Å². The summed E-state index contributed by atoms with van der Waals surface area (Å²) in [5.74, 6) is 0. The van der Waals surface area contributed by atoms with Crippen LogP contribution < -0.4 is 5.73 Å². The van der Waals surface area contributed by atoms with E-state index in [9.17, 15) is 0 Å². The number of aromatic nitrogens is 2. The van der Waals surface area contributed by atoms with Gasteiger partial charge in [0, 0.05) is 18.7 Å². The number of nitrogens with two attached hydrogens (primary N) is 1. The lowest BCUT2D eigenvalue weighted by Gasteiger charge is -2.21. The van der Waals surface area contributed by atoms with Crippen molar-refractivity contribution in [1.29, 1.82) is 0 Å². The van der Waals surface area contributed by atoms with E-state index in [0.29, 0.717) is 6.61 Å². The minimum Gasteiger partial charge on any atom is -0.383 e. The van der Waals surface area contributed by atoms with Crippen molar-refractivity contribution in [2.45, 2.75) is 32.2 Å². The Morgan fingerprint density at radius 1 is 1.39 bits per heavy atom. The first kappa shape index (κ1) is 13.1. The number of hydrogen-bond donors (Lipinski definition) is 1. The first-order valence-corrected chi connectivity index (χ1v) is 6.17. The summed E-state index contributed by atoms with van der Waals surface area (Å²) >= 11 is 0. The molecule has 0 aliphatic carbocycles. The second kappa shape index (κ2) is 4.71. The van der Waals surface area contributed by atoms with E-state index in [-0.39, 0.29) is 11.5 Å². The predicted molar refractivity (Wildman–Crippen MR) is 72.7 cm³/mol. The van der Waals surface area contributed by atoms with Crippen LogP contribution in [-0.4, -0.2) is 23.1 Å². The summed E-state index contributed by atoms with van der Waals surface area (Å²) in [6, 6.07) is 5.81. The van der Waals surface area contributed by atoms with E-state index in [4.69, 9.17) is 15.5 Å². The van der Waals surface area contributed by atoms with Gasteiger partial charge in [-0.25, -0.2) is 4.98 Å². The van der Waals surface area contributed by atoms with E-state index >= 15 is 0 Å². The highest BCUT2D eigenvalue weighted by molar-refractivity contribution is 5.45. The van der Waals surface area contributed by atoms with Crippen LogP contribution in [0.3, 0.4) is 0 Å². The molecule has 0 saturated carbocycles. The van der Waals surface area contributed by atoms with Crippen molar-refractivity contribution >= 4 is 5.65 Å². The number of fused-ring (bicyclic) bond motifs is 1. The van der Waals surface area contributed by atoms with Gasteiger partial charge in [0.2, 0.25) is 0 Å². The number of methoxy groups -OCH3 is 1. The van der Waals surface area contributed by atoms with E-state index < -0.39 is 0 Å². The molecular weight excluding hydrogens is 226 g/mol. The molecule has 18 heavy (non-hydrogen) atoms. The van der Waals surface area contributed by atoms with Gasteiger partial charge in [-0.2, -0.15) is 0 Å². The highest BCUT2D eigenvalue weighted by atomic mass is 16.5. The predicted octanol–water partition coefficient (Wildman–Crippen LogP) is 2.28. The van der Waals surface area contributed by atoms with Crippen molar-refractivity contribution in [3.05, 3.63) is 35.8 Å². The van der Waals surface area contributed by atoms with Crippen molar-refractivity contribution in [3.63, 3.8) is 0 Å². The molecule has 0 aliphatic rings. The number of hydrogen-bond acceptors (Lipinski definition) is 3. The summed E-state index contributed by atoms with van der Waals surface area (Å²) < 4.78 is 7.24. The normalized spacial score (nSPS) is 14.1. The summed E-state index contributed by atoms with van der Waals surface area (Å²) in [5, 5.41) is 0. The van der Waals surface area contributed by atoms with Crippen molar-refractivity contribution in [1.82, 2.24) is 9.38 Å². The second-order valence-electron chi connectivity index (χ2n) is 5.59. The summed E-state index contributed by atoms with van der Waals surface area (Å²) in [4.78, 5) is 4.71. The van der Waals surface area contributed by atoms with Gasteiger partial charge in [-0.3, -0.25) is 0 Å². The molecule has 4 heteroatoms. The first-order valence-electron chi connectivity index (χ1n) is 6.17. The third-order valence-corrected chi connectivity index (χ3v) is 2.97. The van der Waals surface area contributed by atoms with Crippen molar-refractivity contribution in [3.8, 4) is 0 Å². The van der Waals surface area contributed by atoms with E-state index in [1.807, 2.05) is 24.4 Å². The van der Waals surface area contributed by atoms with Gasteiger partial charge in [0.15, 0.2) is 0 Å². The third kappa shape index (κ3) is 2.26. The minimum absolute atomic E-state index is 0.0350. The van der Waals surface area contributed by atoms with Crippen LogP contribution in [0.25, 0.3) is 5.65 Å². The molecule has 0 radical (unpaired) electrons. The summed E-state index contributed by atoms with van der Waals surface area (Å²) in [7, 11) is 1.67. The SMILES string of the molecule is COCC(N)c1c(C(C)(C)C)nc2ccccn12. The van der Waals surface area contributed by atoms with Crippen LogP contribution in [0.1, 0.15) is 38.2 Å². The maximum absolute atomic E-state index is 6.23. The molecule has 2 N–H and O–H groups in total. The Kier molecular flexibility index (Phi) is 3.41. The van der Waals surface area contributed by atoms with E-state index in [0.717, 1.165) is 17.0 Å². The first-order chi connectivity index (χ1) is 8.45. The fraction of sp³-hybridized carbons (Fsp3) is 0.500. The molecular formula is C14H21N3O. The van der Waals surface area contributed by atoms with Gasteiger partial charge in [0.05, 0.1) is 24.0 Å². The molecule has 2 aromatic heterocycles. The number of pyridine rings is 1. The molecule has 0 amide bonds. The van der Waals surface area contributed by atoms with E-state index in [1.54, 1.807) is 7.11 Å². The maximum atomic E-state index is 6.23. The zero-order valence-electron chi connectivity index (χ0n) is 11.5. The lowest BCUT2D eigenvalue weighted by molar-refractivity contribution is 0.178. The molecule has 4 nitrogen and oxygen atoms in total. The van der Waals surface area contributed by atoms with Crippen LogP contribution in [0, 0.1) is 0 Å². The Morgan fingerprint density at radius 2 is 2.11 bits per heavy atom. The maximum Gasteiger partial charge on any atom is 0.137 e. The van der Waals surface area contributed by atoms with Gasteiger partial charge in [0.25, 0.3) is 0 Å². The fourth-order valence-electron chi connectivity index (χ4n) is 2.18. The van der Waals surface area contributed by atoms with Crippen LogP contribution in [0.15, 0.2) is 24.4 Å². The van der Waals surface area contributed by atoms with Gasteiger partial charge in [-0.05, 0) is 12.1 Å². The van der Waals surface area contributed by atoms with Gasteiger partial charge in [-0.1, -0.05) is 26.8 Å². The summed E-state index contributed by atoms with van der Waals surface area (Å²) in [6.45, 7) is 6.94. The quantitative estimate of drug-likeness (QED) is 0.905. The third-order valence-electron chi connectivity index (χ3n) is 2.97. The molecule has 2 heterocycles. The summed E-state index contributed by atoms with van der Waals surface area (Å²) in [5.41, 5.74) is 9.21. The largest absolute Gasteiger partial charge is 0.383 e. The van der Waals surface area contributed by atoms with Crippen molar-refractivity contribution in [2.24, 2.45) is 5.73 Å². The standard InChI is InChI=1S/C14H21N3O/c1-14(2,3)13-12(10(15)9-18-4)17-8-6-5-7-11(17)16-13/h5-8,10H,9,15H2,1-4H3. The Balaban J connectivity index is 2.65. The number of ether oxygens (including phenoxy) is 1. The zero-order valence-corrected chi connectivity index (χ0v) is 11.5. The van der Waals surface area contributed by atoms with Crippen LogP contribution in [-0.2, 0) is 10.2 Å². The van der Waals surface area contributed by atoms with Gasteiger partial charge < -0.3 is 14.9 Å². The molecule has 1 atom stereocenters. The average molecular weight is 247 g/mol. The fourth-order valence-corrected chi connectivity index (χ4v) is 2.18. The molecule has 98 valence electrons.